The minimum atomic E-state index is -0.507. The van der Waals surface area contributed by atoms with E-state index in [-0.39, 0.29) is 5.71 Å². The number of hydrazone groups is 1. The minimum Gasteiger partial charge on any atom is -0.497 e. The van der Waals surface area contributed by atoms with Crippen LogP contribution in [0.15, 0.2) is 47.6 Å². The van der Waals surface area contributed by atoms with Crippen LogP contribution in [0.1, 0.15) is 10.4 Å². The number of carbonyl (C=O) groups excluding carboxylic acids is 1. The third-order valence-corrected chi connectivity index (χ3v) is 3.44. The van der Waals surface area contributed by atoms with Crippen molar-refractivity contribution in [2.24, 2.45) is 5.10 Å². The average molecular weight is 348 g/mol. The molecule has 23 heavy (non-hydrogen) atoms. The minimum absolute atomic E-state index is 0.291. The number of Topliss-reactive ketones (excluding diaryl/α,β-unsaturated/α-hetero) is 1. The van der Waals surface area contributed by atoms with Crippen molar-refractivity contribution in [1.82, 2.24) is 0 Å². The number of hydrogen-bond acceptors (Lipinski definition) is 5. The quantitative estimate of drug-likeness (QED) is 0.500. The van der Waals surface area contributed by atoms with E-state index in [0.717, 1.165) is 0 Å². The molecule has 0 aliphatic heterocycles. The summed E-state index contributed by atoms with van der Waals surface area (Å²) in [6.45, 7) is 0. The number of anilines is 1. The third kappa shape index (κ3) is 4.22. The number of benzene rings is 2. The molecular formula is C16H11Cl2N3O2. The topological polar surface area (TPSA) is 74.5 Å². The molecule has 0 aliphatic rings. The van der Waals surface area contributed by atoms with Crippen molar-refractivity contribution in [2.45, 2.75) is 0 Å². The summed E-state index contributed by atoms with van der Waals surface area (Å²) in [5.74, 6) is 0.107. The number of methoxy groups -OCH3 is 1. The number of halogens is 2. The number of nitrogens with zero attached hydrogens (tertiary/aromatic N) is 2. The predicted molar refractivity (Wildman–Crippen MR) is 90.5 cm³/mol. The fraction of sp³-hybridized carbons (Fsp3) is 0.0625. The second kappa shape index (κ2) is 7.63. The average Bonchev–Trinajstić information content (AvgIpc) is 2.57. The highest BCUT2D eigenvalue weighted by atomic mass is 35.5. The summed E-state index contributed by atoms with van der Waals surface area (Å²) in [5.41, 5.74) is 3.07. The van der Waals surface area contributed by atoms with Gasteiger partial charge in [-0.1, -0.05) is 23.2 Å². The Labute approximate surface area is 143 Å². The molecule has 0 saturated carbocycles. The summed E-state index contributed by atoms with van der Waals surface area (Å²) in [5, 5.41) is 13.7. The number of rotatable bonds is 5. The summed E-state index contributed by atoms with van der Waals surface area (Å²) >= 11 is 11.8. The van der Waals surface area contributed by atoms with Gasteiger partial charge in [-0.3, -0.25) is 10.2 Å². The molecule has 1 N–H and O–H groups in total. The van der Waals surface area contributed by atoms with Gasteiger partial charge in [0, 0.05) is 10.6 Å². The lowest BCUT2D eigenvalue weighted by atomic mass is 10.1. The standard InChI is InChI=1S/C16H11Cl2N3O2/c1-23-12-5-2-10(3-6-12)16(22)15(9-19)21-20-14-7-4-11(17)8-13(14)18/h2-8,20H,1H3. The van der Waals surface area contributed by atoms with Gasteiger partial charge in [-0.2, -0.15) is 10.4 Å². The summed E-state index contributed by atoms with van der Waals surface area (Å²) in [6, 6.07) is 12.9. The highest BCUT2D eigenvalue weighted by Gasteiger charge is 2.14. The summed E-state index contributed by atoms with van der Waals surface area (Å²) in [7, 11) is 1.53. The van der Waals surface area contributed by atoms with Crippen LogP contribution in [0.3, 0.4) is 0 Å². The second-order valence-electron chi connectivity index (χ2n) is 4.37. The van der Waals surface area contributed by atoms with Crippen LogP contribution >= 0.6 is 23.2 Å². The van der Waals surface area contributed by atoms with Gasteiger partial charge < -0.3 is 4.74 Å². The van der Waals surface area contributed by atoms with Gasteiger partial charge >= 0.3 is 0 Å². The molecule has 0 bridgehead atoms. The van der Waals surface area contributed by atoms with Gasteiger partial charge in [0.15, 0.2) is 0 Å². The van der Waals surface area contributed by atoms with Crippen LogP contribution in [0.4, 0.5) is 5.69 Å². The summed E-state index contributed by atoms with van der Waals surface area (Å²) in [6.07, 6.45) is 0. The Bertz CT molecular complexity index is 796. The Kier molecular flexibility index (Phi) is 5.58. The van der Waals surface area contributed by atoms with Crippen molar-refractivity contribution in [3.63, 3.8) is 0 Å². The van der Waals surface area contributed by atoms with Gasteiger partial charge in [0.2, 0.25) is 11.5 Å². The number of ether oxygens (including phenoxy) is 1. The zero-order valence-electron chi connectivity index (χ0n) is 12.0. The van der Waals surface area contributed by atoms with E-state index in [1.54, 1.807) is 42.5 Å². The fourth-order valence-corrected chi connectivity index (χ4v) is 2.15. The van der Waals surface area contributed by atoms with E-state index < -0.39 is 5.78 Å². The smallest absolute Gasteiger partial charge is 0.223 e. The maximum Gasteiger partial charge on any atom is 0.223 e. The lowest BCUT2D eigenvalue weighted by Crippen LogP contribution is -2.14. The molecule has 0 atom stereocenters. The fourth-order valence-electron chi connectivity index (χ4n) is 1.70. The Morgan fingerprint density at radius 3 is 2.48 bits per heavy atom. The van der Waals surface area contributed by atoms with Gasteiger partial charge in [-0.15, -0.1) is 0 Å². The van der Waals surface area contributed by atoms with E-state index in [4.69, 9.17) is 33.2 Å². The van der Waals surface area contributed by atoms with E-state index in [9.17, 15) is 4.79 Å². The molecule has 0 amide bonds. The first-order valence-electron chi connectivity index (χ1n) is 6.42. The molecule has 0 aromatic heterocycles. The first-order chi connectivity index (χ1) is 11.0. The van der Waals surface area contributed by atoms with E-state index in [2.05, 4.69) is 10.5 Å². The third-order valence-electron chi connectivity index (χ3n) is 2.89. The molecule has 0 fully saturated rings. The Morgan fingerprint density at radius 2 is 1.91 bits per heavy atom. The van der Waals surface area contributed by atoms with Crippen LogP contribution in [0.25, 0.3) is 0 Å². The number of ketones is 1. The van der Waals surface area contributed by atoms with Gasteiger partial charge in [-0.25, -0.2) is 0 Å². The monoisotopic (exact) mass is 347 g/mol. The van der Waals surface area contributed by atoms with Gasteiger partial charge in [0.05, 0.1) is 17.8 Å². The largest absolute Gasteiger partial charge is 0.497 e. The molecule has 0 aliphatic carbocycles. The van der Waals surface area contributed by atoms with Crippen molar-refractivity contribution in [1.29, 1.82) is 5.26 Å². The molecule has 5 nitrogen and oxygen atoms in total. The number of carbonyl (C=O) groups is 1. The van der Waals surface area contributed by atoms with Crippen LogP contribution in [0, 0.1) is 11.3 Å². The van der Waals surface area contributed by atoms with Crippen LogP contribution < -0.4 is 10.2 Å². The van der Waals surface area contributed by atoms with Crippen molar-refractivity contribution >= 4 is 40.4 Å². The SMILES string of the molecule is COc1ccc(C(=O)C(C#N)=NNc2ccc(Cl)cc2Cl)cc1. The predicted octanol–water partition coefficient (Wildman–Crippen LogP) is 4.18. The van der Waals surface area contributed by atoms with Crippen molar-refractivity contribution < 1.29 is 9.53 Å². The Morgan fingerprint density at radius 1 is 1.22 bits per heavy atom. The van der Waals surface area contributed by atoms with Crippen molar-refractivity contribution in [3.05, 3.63) is 58.1 Å². The van der Waals surface area contributed by atoms with Crippen LogP contribution in [-0.2, 0) is 0 Å². The highest BCUT2D eigenvalue weighted by molar-refractivity contribution is 6.51. The molecule has 2 aromatic carbocycles. The molecule has 0 heterocycles. The molecule has 0 saturated heterocycles. The number of hydrogen-bond donors (Lipinski definition) is 1. The van der Waals surface area contributed by atoms with Gasteiger partial charge in [0.25, 0.3) is 0 Å². The lowest BCUT2D eigenvalue weighted by Gasteiger charge is -2.05. The first kappa shape index (κ1) is 16.8. The lowest BCUT2D eigenvalue weighted by molar-refractivity contribution is 0.106. The van der Waals surface area contributed by atoms with E-state index in [0.29, 0.717) is 27.0 Å². The highest BCUT2D eigenvalue weighted by Crippen LogP contribution is 2.25. The number of nitrogens with one attached hydrogen (secondary N) is 1. The molecule has 0 spiro atoms. The molecule has 116 valence electrons. The van der Waals surface area contributed by atoms with E-state index >= 15 is 0 Å². The zero-order valence-corrected chi connectivity index (χ0v) is 13.5. The van der Waals surface area contributed by atoms with E-state index in [1.165, 1.54) is 13.2 Å². The molecule has 7 heteroatoms. The summed E-state index contributed by atoms with van der Waals surface area (Å²) < 4.78 is 5.02. The van der Waals surface area contributed by atoms with Crippen LogP contribution in [0.5, 0.6) is 5.75 Å². The van der Waals surface area contributed by atoms with Crippen molar-refractivity contribution in [2.75, 3.05) is 12.5 Å². The maximum absolute atomic E-state index is 12.2. The second-order valence-corrected chi connectivity index (χ2v) is 5.21. The van der Waals surface area contributed by atoms with Crippen molar-refractivity contribution in [3.8, 4) is 11.8 Å². The molecule has 2 aromatic rings. The molecule has 0 radical (unpaired) electrons. The summed E-state index contributed by atoms with van der Waals surface area (Å²) in [4.78, 5) is 12.2. The maximum atomic E-state index is 12.2. The molecule has 2 rings (SSSR count). The van der Waals surface area contributed by atoms with E-state index in [1.807, 2.05) is 0 Å². The molecular weight excluding hydrogens is 337 g/mol. The van der Waals surface area contributed by atoms with Crippen LogP contribution in [-0.4, -0.2) is 18.6 Å². The van der Waals surface area contributed by atoms with Gasteiger partial charge in [0.1, 0.15) is 11.8 Å². The first-order valence-corrected chi connectivity index (χ1v) is 7.18. The Hall–Kier alpha value is -2.55. The zero-order chi connectivity index (χ0) is 16.8. The Balaban J connectivity index is 2.20. The molecule has 0 unspecified atom stereocenters. The normalized spacial score (nSPS) is 10.8. The van der Waals surface area contributed by atoms with Gasteiger partial charge in [-0.05, 0) is 42.5 Å². The van der Waals surface area contributed by atoms with Crippen LogP contribution in [0.2, 0.25) is 10.0 Å². The number of nitriles is 1.